The molecule has 1 heterocycles. The van der Waals surface area contributed by atoms with Crippen LogP contribution in [0.1, 0.15) is 32.6 Å². The van der Waals surface area contributed by atoms with Gasteiger partial charge in [-0.25, -0.2) is 0 Å². The van der Waals surface area contributed by atoms with Crippen LogP contribution in [-0.4, -0.2) is 35.0 Å². The Balaban J connectivity index is 2.54. The summed E-state index contributed by atoms with van der Waals surface area (Å²) in [5.41, 5.74) is 0. The van der Waals surface area contributed by atoms with Crippen molar-refractivity contribution in [1.82, 2.24) is 10.6 Å². The highest BCUT2D eigenvalue weighted by molar-refractivity contribution is 6.00. The van der Waals surface area contributed by atoms with Crippen molar-refractivity contribution in [3.63, 3.8) is 0 Å². The highest BCUT2D eigenvalue weighted by atomic mass is 16.4. The minimum Gasteiger partial charge on any atom is -0.480 e. The van der Waals surface area contributed by atoms with Crippen LogP contribution in [0.25, 0.3) is 0 Å². The third-order valence-electron chi connectivity index (χ3n) is 2.52. The molecule has 6 heteroatoms. The number of aliphatic carboxylic acids is 1. The molecular formula is C10H16N2O4. The highest BCUT2D eigenvalue weighted by Crippen LogP contribution is 2.07. The van der Waals surface area contributed by atoms with Gasteiger partial charge in [0.25, 0.3) is 0 Å². The number of hydrogen-bond acceptors (Lipinski definition) is 4. The van der Waals surface area contributed by atoms with Gasteiger partial charge in [-0.3, -0.25) is 25.0 Å². The molecule has 6 nitrogen and oxygen atoms in total. The smallest absolute Gasteiger partial charge is 0.320 e. The molecule has 16 heavy (non-hydrogen) atoms. The van der Waals surface area contributed by atoms with Crippen LogP contribution in [0.3, 0.4) is 0 Å². The molecule has 0 aliphatic carbocycles. The molecule has 1 rings (SSSR count). The van der Waals surface area contributed by atoms with E-state index < -0.39 is 24.0 Å². The molecule has 0 saturated carbocycles. The molecule has 2 atom stereocenters. The van der Waals surface area contributed by atoms with E-state index in [1.165, 1.54) is 0 Å². The molecule has 1 saturated heterocycles. The second-order valence-electron chi connectivity index (χ2n) is 3.85. The largest absolute Gasteiger partial charge is 0.480 e. The monoisotopic (exact) mass is 228 g/mol. The zero-order valence-corrected chi connectivity index (χ0v) is 9.16. The number of carbonyl (C=O) groups is 3. The van der Waals surface area contributed by atoms with Crippen LogP contribution in [0, 0.1) is 0 Å². The van der Waals surface area contributed by atoms with Crippen LogP contribution in [0.2, 0.25) is 0 Å². The van der Waals surface area contributed by atoms with E-state index in [2.05, 4.69) is 10.6 Å². The SMILES string of the molecule is CCCC(NC1CCC(=O)NC1=O)C(=O)O. The fraction of sp³-hybridized carbons (Fsp3) is 0.700. The summed E-state index contributed by atoms with van der Waals surface area (Å²) in [6, 6.07) is -1.31. The summed E-state index contributed by atoms with van der Waals surface area (Å²) < 4.78 is 0. The number of carboxylic acids is 1. The van der Waals surface area contributed by atoms with E-state index in [0.29, 0.717) is 12.8 Å². The minimum atomic E-state index is -0.966. The first-order chi connectivity index (χ1) is 7.54. The summed E-state index contributed by atoms with van der Waals surface area (Å²) in [5, 5.41) is 13.9. The predicted octanol–water partition coefficient (Wildman–Crippen LogP) is -0.365. The Kier molecular flexibility index (Phi) is 4.42. The summed E-state index contributed by atoms with van der Waals surface area (Å²) in [6.45, 7) is 1.88. The van der Waals surface area contributed by atoms with Crippen LogP contribution in [-0.2, 0) is 14.4 Å². The van der Waals surface area contributed by atoms with E-state index in [0.717, 1.165) is 6.42 Å². The molecule has 0 aromatic heterocycles. The number of hydrogen-bond donors (Lipinski definition) is 3. The molecule has 1 aliphatic rings. The Bertz CT molecular complexity index is 303. The average Bonchev–Trinajstić information content (AvgIpc) is 2.20. The lowest BCUT2D eigenvalue weighted by Crippen LogP contribution is -2.55. The average molecular weight is 228 g/mol. The fourth-order valence-corrected chi connectivity index (χ4v) is 1.66. The number of amides is 2. The van der Waals surface area contributed by atoms with Crippen molar-refractivity contribution in [2.24, 2.45) is 0 Å². The quantitative estimate of drug-likeness (QED) is 0.558. The van der Waals surface area contributed by atoms with Crippen molar-refractivity contribution >= 4 is 17.8 Å². The van der Waals surface area contributed by atoms with Gasteiger partial charge >= 0.3 is 5.97 Å². The summed E-state index contributed by atoms with van der Waals surface area (Å²) in [5.74, 6) is -1.70. The number of imide groups is 1. The number of rotatable bonds is 5. The van der Waals surface area contributed by atoms with Gasteiger partial charge < -0.3 is 5.11 Å². The Morgan fingerprint density at radius 3 is 2.81 bits per heavy atom. The summed E-state index contributed by atoms with van der Waals surface area (Å²) in [7, 11) is 0. The van der Waals surface area contributed by atoms with Crippen molar-refractivity contribution in [2.75, 3.05) is 0 Å². The molecule has 1 fully saturated rings. The van der Waals surface area contributed by atoms with E-state index in [-0.39, 0.29) is 12.3 Å². The van der Waals surface area contributed by atoms with Crippen LogP contribution in [0.4, 0.5) is 0 Å². The van der Waals surface area contributed by atoms with E-state index >= 15 is 0 Å². The van der Waals surface area contributed by atoms with Gasteiger partial charge in [0.2, 0.25) is 11.8 Å². The minimum absolute atomic E-state index is 0.252. The topological polar surface area (TPSA) is 95.5 Å². The van der Waals surface area contributed by atoms with Crippen molar-refractivity contribution in [2.45, 2.75) is 44.7 Å². The van der Waals surface area contributed by atoms with E-state index in [1.807, 2.05) is 6.92 Å². The van der Waals surface area contributed by atoms with Crippen molar-refractivity contribution < 1.29 is 19.5 Å². The van der Waals surface area contributed by atoms with Crippen LogP contribution >= 0.6 is 0 Å². The fourth-order valence-electron chi connectivity index (χ4n) is 1.66. The van der Waals surface area contributed by atoms with E-state index in [1.54, 1.807) is 0 Å². The maximum atomic E-state index is 11.4. The van der Waals surface area contributed by atoms with Gasteiger partial charge in [-0.05, 0) is 12.8 Å². The Morgan fingerprint density at radius 1 is 1.62 bits per heavy atom. The molecule has 3 N–H and O–H groups in total. The molecule has 90 valence electrons. The van der Waals surface area contributed by atoms with E-state index in [9.17, 15) is 14.4 Å². The molecule has 0 radical (unpaired) electrons. The summed E-state index contributed by atoms with van der Waals surface area (Å²) in [6.07, 6.45) is 1.80. The molecule has 2 unspecified atom stereocenters. The molecule has 0 aromatic rings. The number of carbonyl (C=O) groups excluding carboxylic acids is 2. The Morgan fingerprint density at radius 2 is 2.31 bits per heavy atom. The predicted molar refractivity (Wildman–Crippen MR) is 55.6 cm³/mol. The molecule has 0 spiro atoms. The second kappa shape index (κ2) is 5.60. The molecule has 0 bridgehead atoms. The number of carboxylic acid groups (broad SMARTS) is 1. The van der Waals surface area contributed by atoms with Gasteiger partial charge in [0.1, 0.15) is 6.04 Å². The lowest BCUT2D eigenvalue weighted by atomic mass is 10.0. The second-order valence-corrected chi connectivity index (χ2v) is 3.85. The van der Waals surface area contributed by atoms with Crippen LogP contribution in [0.15, 0.2) is 0 Å². The lowest BCUT2D eigenvalue weighted by Gasteiger charge is -2.25. The van der Waals surface area contributed by atoms with Crippen LogP contribution in [0.5, 0.6) is 0 Å². The van der Waals surface area contributed by atoms with Crippen molar-refractivity contribution in [3.8, 4) is 0 Å². The van der Waals surface area contributed by atoms with Crippen molar-refractivity contribution in [1.29, 1.82) is 0 Å². The maximum Gasteiger partial charge on any atom is 0.320 e. The Labute approximate surface area is 93.4 Å². The maximum absolute atomic E-state index is 11.4. The van der Waals surface area contributed by atoms with Gasteiger partial charge in [-0.2, -0.15) is 0 Å². The summed E-state index contributed by atoms with van der Waals surface area (Å²) in [4.78, 5) is 33.1. The summed E-state index contributed by atoms with van der Waals surface area (Å²) >= 11 is 0. The number of piperidine rings is 1. The molecule has 0 aromatic carbocycles. The third-order valence-corrected chi connectivity index (χ3v) is 2.52. The molecule has 1 aliphatic heterocycles. The first kappa shape index (κ1) is 12.6. The highest BCUT2D eigenvalue weighted by Gasteiger charge is 2.30. The molecule has 2 amide bonds. The van der Waals surface area contributed by atoms with Gasteiger partial charge in [-0.15, -0.1) is 0 Å². The first-order valence-corrected chi connectivity index (χ1v) is 5.37. The van der Waals surface area contributed by atoms with Crippen LogP contribution < -0.4 is 10.6 Å². The normalized spacial score (nSPS) is 22.7. The Hall–Kier alpha value is -1.43. The third kappa shape index (κ3) is 3.30. The standard InChI is InChI=1S/C10H16N2O4/c1-2-3-7(10(15)16)11-6-4-5-8(13)12-9(6)14/h6-7,11H,2-5H2,1H3,(H,15,16)(H,12,13,14). The van der Waals surface area contributed by atoms with Gasteiger partial charge in [0, 0.05) is 6.42 Å². The number of nitrogens with one attached hydrogen (secondary N) is 2. The zero-order chi connectivity index (χ0) is 12.1. The zero-order valence-electron chi connectivity index (χ0n) is 9.16. The van der Waals surface area contributed by atoms with Gasteiger partial charge in [-0.1, -0.05) is 13.3 Å². The van der Waals surface area contributed by atoms with Crippen molar-refractivity contribution in [3.05, 3.63) is 0 Å². The lowest BCUT2D eigenvalue weighted by molar-refractivity contribution is -0.140. The van der Waals surface area contributed by atoms with Gasteiger partial charge in [0.15, 0.2) is 0 Å². The first-order valence-electron chi connectivity index (χ1n) is 5.37. The molecular weight excluding hydrogens is 212 g/mol. The van der Waals surface area contributed by atoms with E-state index in [4.69, 9.17) is 5.11 Å². The van der Waals surface area contributed by atoms with Gasteiger partial charge in [0.05, 0.1) is 6.04 Å².